The van der Waals surface area contributed by atoms with Crippen molar-refractivity contribution >= 4 is 32.5 Å². The fourth-order valence-electron chi connectivity index (χ4n) is 4.10. The zero-order chi connectivity index (χ0) is 17.7. The molecule has 3 aromatic rings. The fourth-order valence-corrected chi connectivity index (χ4v) is 4.48. The van der Waals surface area contributed by atoms with Crippen LogP contribution in [-0.2, 0) is 11.4 Å². The van der Waals surface area contributed by atoms with Crippen LogP contribution in [-0.4, -0.2) is 23.5 Å². The molecule has 26 heavy (non-hydrogen) atoms. The van der Waals surface area contributed by atoms with Gasteiger partial charge in [-0.1, -0.05) is 39.3 Å². The smallest absolute Gasteiger partial charge is 0.128 e. The summed E-state index contributed by atoms with van der Waals surface area (Å²) in [4.78, 5) is 5.48. The van der Waals surface area contributed by atoms with Gasteiger partial charge in [-0.15, -0.1) is 0 Å². The van der Waals surface area contributed by atoms with E-state index in [1.54, 1.807) is 0 Å². The number of fused-ring (bicyclic) bond motifs is 3. The maximum absolute atomic E-state index is 6.13. The van der Waals surface area contributed by atoms with Crippen LogP contribution in [0.3, 0.4) is 0 Å². The van der Waals surface area contributed by atoms with Crippen LogP contribution >= 0.6 is 15.9 Å². The predicted molar refractivity (Wildman–Crippen MR) is 106 cm³/mol. The van der Waals surface area contributed by atoms with Gasteiger partial charge in [0.25, 0.3) is 0 Å². The van der Waals surface area contributed by atoms with E-state index >= 15 is 0 Å². The summed E-state index contributed by atoms with van der Waals surface area (Å²) in [5.41, 5.74) is 4.73. The lowest BCUT2D eigenvalue weighted by Crippen LogP contribution is -2.23. The number of aromatic nitrogens is 1. The van der Waals surface area contributed by atoms with E-state index in [9.17, 15) is 0 Å². The molecule has 5 rings (SSSR count). The van der Waals surface area contributed by atoms with Crippen LogP contribution in [0.4, 0.5) is 0 Å². The molecular weight excluding hydrogens is 392 g/mol. The van der Waals surface area contributed by atoms with Crippen molar-refractivity contribution in [2.75, 3.05) is 13.2 Å². The van der Waals surface area contributed by atoms with Crippen molar-refractivity contribution in [3.05, 3.63) is 64.3 Å². The van der Waals surface area contributed by atoms with Crippen molar-refractivity contribution in [1.82, 2.24) is 4.57 Å². The predicted octanol–water partition coefficient (Wildman–Crippen LogP) is 4.95. The number of halogens is 1. The zero-order valence-corrected chi connectivity index (χ0v) is 16.1. The molecule has 132 valence electrons. The van der Waals surface area contributed by atoms with E-state index < -0.39 is 0 Å². The quantitative estimate of drug-likeness (QED) is 0.598. The first-order valence-electron chi connectivity index (χ1n) is 8.96. The van der Waals surface area contributed by atoms with Crippen molar-refractivity contribution < 1.29 is 9.57 Å². The van der Waals surface area contributed by atoms with E-state index in [2.05, 4.69) is 69.1 Å². The third-order valence-electron chi connectivity index (χ3n) is 5.35. The van der Waals surface area contributed by atoms with Gasteiger partial charge < -0.3 is 14.1 Å². The first-order chi connectivity index (χ1) is 12.8. The Balaban J connectivity index is 1.80. The molecule has 5 heteroatoms. The summed E-state index contributed by atoms with van der Waals surface area (Å²) in [5.74, 6) is 1.16. The Morgan fingerprint density at radius 1 is 1.15 bits per heavy atom. The van der Waals surface area contributed by atoms with Crippen LogP contribution in [0, 0.1) is 5.92 Å². The van der Waals surface area contributed by atoms with Crippen LogP contribution in [0.5, 0.6) is 5.75 Å². The van der Waals surface area contributed by atoms with Gasteiger partial charge in [0.15, 0.2) is 0 Å². The molecule has 0 spiro atoms. The van der Waals surface area contributed by atoms with Crippen molar-refractivity contribution in [3.63, 3.8) is 0 Å². The second kappa shape index (κ2) is 6.16. The van der Waals surface area contributed by atoms with Gasteiger partial charge in [0, 0.05) is 33.7 Å². The molecule has 4 nitrogen and oxygen atoms in total. The maximum atomic E-state index is 6.13. The first kappa shape index (κ1) is 15.9. The molecule has 2 aliphatic heterocycles. The largest absolute Gasteiger partial charge is 0.492 e. The molecule has 2 aromatic carbocycles. The van der Waals surface area contributed by atoms with E-state index in [0.717, 1.165) is 28.0 Å². The van der Waals surface area contributed by atoms with Gasteiger partial charge >= 0.3 is 0 Å². The average Bonchev–Trinajstić information content (AvgIpc) is 3.23. The van der Waals surface area contributed by atoms with Crippen LogP contribution in [0.2, 0.25) is 0 Å². The Morgan fingerprint density at radius 2 is 2.04 bits per heavy atom. The number of rotatable bonds is 2. The average molecular weight is 411 g/mol. The number of benzene rings is 2. The number of nitrogens with zero attached hydrogens (tertiary/aromatic N) is 2. The molecule has 2 aliphatic rings. The van der Waals surface area contributed by atoms with Gasteiger partial charge in [0.05, 0.1) is 24.2 Å². The summed E-state index contributed by atoms with van der Waals surface area (Å²) >= 11 is 3.63. The number of aryl methyl sites for hydroxylation is 1. The topological polar surface area (TPSA) is 35.8 Å². The first-order valence-corrected chi connectivity index (χ1v) is 9.75. The number of hydrogen-bond donors (Lipinski definition) is 0. The summed E-state index contributed by atoms with van der Waals surface area (Å²) in [6.07, 6.45) is 2.27. The summed E-state index contributed by atoms with van der Waals surface area (Å²) in [6, 6.07) is 14.8. The molecule has 3 heterocycles. The van der Waals surface area contributed by atoms with E-state index in [1.807, 2.05) is 12.1 Å². The lowest BCUT2D eigenvalue weighted by atomic mass is 9.82. The third-order valence-corrected chi connectivity index (χ3v) is 5.85. The van der Waals surface area contributed by atoms with Crippen molar-refractivity contribution in [1.29, 1.82) is 0 Å². The van der Waals surface area contributed by atoms with Crippen molar-refractivity contribution in [2.24, 2.45) is 11.1 Å². The Hall–Kier alpha value is -2.27. The molecule has 0 unspecified atom stereocenters. The molecule has 1 aromatic heterocycles. The molecule has 0 aliphatic carbocycles. The van der Waals surface area contributed by atoms with Gasteiger partial charge in [-0.3, -0.25) is 0 Å². The lowest BCUT2D eigenvalue weighted by molar-refractivity contribution is 0.137. The number of para-hydroxylation sites is 1. The van der Waals surface area contributed by atoms with Crippen LogP contribution in [0.1, 0.15) is 24.0 Å². The van der Waals surface area contributed by atoms with Crippen LogP contribution < -0.4 is 4.74 Å². The van der Waals surface area contributed by atoms with E-state index in [1.165, 1.54) is 16.5 Å². The van der Waals surface area contributed by atoms with Gasteiger partial charge in [-0.2, -0.15) is 0 Å². The summed E-state index contributed by atoms with van der Waals surface area (Å²) in [5, 5.41) is 5.72. The maximum Gasteiger partial charge on any atom is 0.128 e. The molecule has 0 fully saturated rings. The minimum Gasteiger partial charge on any atom is -0.492 e. The van der Waals surface area contributed by atoms with E-state index in [4.69, 9.17) is 9.57 Å². The molecule has 0 radical (unpaired) electrons. The third kappa shape index (κ3) is 2.37. The van der Waals surface area contributed by atoms with Crippen molar-refractivity contribution in [3.8, 4) is 5.75 Å². The lowest BCUT2D eigenvalue weighted by Gasteiger charge is -2.18. The second-order valence-corrected chi connectivity index (χ2v) is 7.74. The molecule has 2 atom stereocenters. The zero-order valence-electron chi connectivity index (χ0n) is 14.5. The standard InChI is InChI=1S/C21H19BrN2O2/c1-2-24-10-17(15-5-3-4-6-18(15)24)20-16-9-14(22)7-8-19(16)25-11-13-12-26-23-21(13)20/h3-10,13,20H,2,11-12H2,1H3/t13-,20-/m1/s1. The minimum absolute atomic E-state index is 0.0372. The highest BCUT2D eigenvalue weighted by atomic mass is 79.9. The molecular formula is C21H19BrN2O2. The van der Waals surface area contributed by atoms with Crippen LogP contribution in [0.15, 0.2) is 58.3 Å². The Bertz CT molecular complexity index is 1020. The summed E-state index contributed by atoms with van der Waals surface area (Å²) in [6.45, 7) is 4.31. The molecule has 0 saturated heterocycles. The number of oxime groups is 1. The Kier molecular flexibility index (Phi) is 3.78. The van der Waals surface area contributed by atoms with Gasteiger partial charge in [-0.05, 0) is 36.8 Å². The van der Waals surface area contributed by atoms with E-state index in [-0.39, 0.29) is 11.8 Å². The van der Waals surface area contributed by atoms with Crippen LogP contribution in [0.25, 0.3) is 10.9 Å². The number of ether oxygens (including phenoxy) is 1. The minimum atomic E-state index is 0.0372. The molecule has 0 N–H and O–H groups in total. The van der Waals surface area contributed by atoms with Gasteiger partial charge in [-0.25, -0.2) is 0 Å². The fraction of sp³-hybridized carbons (Fsp3) is 0.286. The van der Waals surface area contributed by atoms with Gasteiger partial charge in [0.1, 0.15) is 12.4 Å². The normalized spacial score (nSPS) is 21.4. The van der Waals surface area contributed by atoms with E-state index in [0.29, 0.717) is 13.2 Å². The second-order valence-electron chi connectivity index (χ2n) is 6.82. The SMILES string of the molecule is CCn1cc([C@@H]2C3=NOC[C@H]3COc3ccc(Br)cc32)c2ccccc21. The highest BCUT2D eigenvalue weighted by Crippen LogP contribution is 2.43. The van der Waals surface area contributed by atoms with Crippen molar-refractivity contribution in [2.45, 2.75) is 19.4 Å². The highest BCUT2D eigenvalue weighted by Gasteiger charge is 2.38. The summed E-state index contributed by atoms with van der Waals surface area (Å²) < 4.78 is 9.47. The highest BCUT2D eigenvalue weighted by molar-refractivity contribution is 9.10. The Labute approximate surface area is 160 Å². The molecule has 0 saturated carbocycles. The van der Waals surface area contributed by atoms with Gasteiger partial charge in [0.2, 0.25) is 0 Å². The monoisotopic (exact) mass is 410 g/mol. The Morgan fingerprint density at radius 3 is 2.92 bits per heavy atom. The number of hydrogen-bond acceptors (Lipinski definition) is 3. The summed E-state index contributed by atoms with van der Waals surface area (Å²) in [7, 11) is 0. The molecule has 0 amide bonds. The molecule has 0 bridgehead atoms.